The Morgan fingerprint density at radius 1 is 1.20 bits per heavy atom. The average molecular weight is 602 g/mol. The molecule has 0 N–H and O–H groups in total. The molecule has 1 heterocycles. The number of fused-ring (bicyclic) bond motifs is 1. The zero-order chi connectivity index (χ0) is 22.0. The molecular weight excluding hydrogens is 582 g/mol. The van der Waals surface area contributed by atoms with E-state index in [0.29, 0.717) is 39.1 Å². The first-order valence-electron chi connectivity index (χ1n) is 9.25. The van der Waals surface area contributed by atoms with Crippen LogP contribution in [0.3, 0.4) is 0 Å². The molecule has 2 aromatic carbocycles. The molecule has 0 atom stereocenters. The van der Waals surface area contributed by atoms with E-state index < -0.39 is 0 Å². The lowest BCUT2D eigenvalue weighted by molar-refractivity contribution is 0.228. The number of methoxy groups -OCH3 is 1. The predicted molar refractivity (Wildman–Crippen MR) is 130 cm³/mol. The second-order valence-corrected chi connectivity index (χ2v) is 9.20. The quantitative estimate of drug-likeness (QED) is 0.329. The van der Waals surface area contributed by atoms with Crippen molar-refractivity contribution in [1.29, 1.82) is 0 Å². The van der Waals surface area contributed by atoms with Gasteiger partial charge < -0.3 is 9.47 Å². The van der Waals surface area contributed by atoms with Crippen molar-refractivity contribution in [3.05, 3.63) is 59.4 Å². The fourth-order valence-electron chi connectivity index (χ4n) is 2.86. The smallest absolute Gasteiger partial charge is 0.282 e. The maximum atomic E-state index is 13.1. The topological polar surface area (TPSA) is 65.7 Å². The van der Waals surface area contributed by atoms with E-state index in [9.17, 15) is 4.79 Å². The highest BCUT2D eigenvalue weighted by Gasteiger charge is 2.18. The van der Waals surface area contributed by atoms with E-state index in [4.69, 9.17) is 9.47 Å². The number of halogens is 3. The molecule has 30 heavy (non-hydrogen) atoms. The number of hydrogen-bond donors (Lipinski definition) is 0. The Hall–Kier alpha value is -1.71. The van der Waals surface area contributed by atoms with Crippen LogP contribution in [0.4, 0.5) is 0 Å². The first-order chi connectivity index (χ1) is 14.3. The normalized spacial score (nSPS) is 11.6. The summed E-state index contributed by atoms with van der Waals surface area (Å²) in [6.07, 6.45) is 2.14. The maximum absolute atomic E-state index is 13.1. The van der Waals surface area contributed by atoms with Gasteiger partial charge in [-0.2, -0.15) is 9.78 Å². The van der Waals surface area contributed by atoms with Gasteiger partial charge in [0.15, 0.2) is 11.5 Å². The standard InChI is InChI=1S/C21H20Br3N3O3/c1-5-17-26-15-7-6-13(22)9-14(15)21(28)27(17)25-10-12-8-16(29-4)20(30-11(2)3)19(24)18(12)23/h6-11H,5H2,1-4H3. The molecule has 0 fully saturated rings. The van der Waals surface area contributed by atoms with E-state index in [2.05, 4.69) is 57.9 Å². The molecule has 158 valence electrons. The number of hydrogen-bond acceptors (Lipinski definition) is 5. The van der Waals surface area contributed by atoms with E-state index in [1.165, 1.54) is 4.68 Å². The van der Waals surface area contributed by atoms with Crippen LogP contribution in [0.25, 0.3) is 10.9 Å². The SMILES string of the molecule is CCc1nc2ccc(Br)cc2c(=O)n1N=Cc1cc(OC)c(OC(C)C)c(Br)c1Br. The number of rotatable bonds is 6. The second kappa shape index (κ2) is 9.62. The number of benzene rings is 2. The van der Waals surface area contributed by atoms with Gasteiger partial charge in [0.05, 0.1) is 34.8 Å². The van der Waals surface area contributed by atoms with E-state index in [-0.39, 0.29) is 11.7 Å². The Morgan fingerprint density at radius 3 is 2.57 bits per heavy atom. The Kier molecular flexibility index (Phi) is 7.36. The number of aryl methyl sites for hydroxylation is 1. The van der Waals surface area contributed by atoms with Crippen molar-refractivity contribution in [2.75, 3.05) is 7.11 Å². The highest BCUT2D eigenvalue weighted by Crippen LogP contribution is 2.42. The van der Waals surface area contributed by atoms with Gasteiger partial charge in [-0.15, -0.1) is 0 Å². The highest BCUT2D eigenvalue weighted by atomic mass is 79.9. The predicted octanol–water partition coefficient (Wildman–Crippen LogP) is 5.92. The molecule has 0 amide bonds. The number of ether oxygens (including phenoxy) is 2. The maximum Gasteiger partial charge on any atom is 0.282 e. The van der Waals surface area contributed by atoms with Gasteiger partial charge in [-0.1, -0.05) is 22.9 Å². The summed E-state index contributed by atoms with van der Waals surface area (Å²) in [5.74, 6) is 1.73. The summed E-state index contributed by atoms with van der Waals surface area (Å²) in [4.78, 5) is 17.6. The molecule has 3 aromatic rings. The molecule has 0 spiro atoms. The van der Waals surface area contributed by atoms with Crippen LogP contribution in [0.2, 0.25) is 0 Å². The Labute approximate surface area is 199 Å². The lowest BCUT2D eigenvalue weighted by Crippen LogP contribution is -2.22. The summed E-state index contributed by atoms with van der Waals surface area (Å²) >= 11 is 10.5. The van der Waals surface area contributed by atoms with E-state index in [1.54, 1.807) is 25.5 Å². The van der Waals surface area contributed by atoms with E-state index in [1.807, 2.05) is 32.9 Å². The van der Waals surface area contributed by atoms with Crippen molar-refractivity contribution in [2.24, 2.45) is 5.10 Å². The van der Waals surface area contributed by atoms with Crippen molar-refractivity contribution < 1.29 is 9.47 Å². The van der Waals surface area contributed by atoms with Crippen LogP contribution in [-0.4, -0.2) is 29.1 Å². The van der Waals surface area contributed by atoms with Gasteiger partial charge in [0.1, 0.15) is 5.82 Å². The van der Waals surface area contributed by atoms with Crippen molar-refractivity contribution in [3.63, 3.8) is 0 Å². The zero-order valence-corrected chi connectivity index (χ0v) is 21.6. The van der Waals surface area contributed by atoms with Gasteiger partial charge in [0.2, 0.25) is 0 Å². The minimum absolute atomic E-state index is 0.0182. The molecule has 6 nitrogen and oxygen atoms in total. The van der Waals surface area contributed by atoms with E-state index >= 15 is 0 Å². The largest absolute Gasteiger partial charge is 0.493 e. The molecule has 0 aliphatic heterocycles. The molecule has 9 heteroatoms. The Morgan fingerprint density at radius 2 is 1.93 bits per heavy atom. The molecule has 0 saturated carbocycles. The van der Waals surface area contributed by atoms with Crippen LogP contribution in [0, 0.1) is 0 Å². The van der Waals surface area contributed by atoms with Crippen LogP contribution in [0.5, 0.6) is 11.5 Å². The minimum Gasteiger partial charge on any atom is -0.493 e. The van der Waals surface area contributed by atoms with Crippen LogP contribution < -0.4 is 15.0 Å². The first-order valence-corrected chi connectivity index (χ1v) is 11.6. The Balaban J connectivity index is 2.14. The lowest BCUT2D eigenvalue weighted by atomic mass is 10.2. The lowest BCUT2D eigenvalue weighted by Gasteiger charge is -2.17. The van der Waals surface area contributed by atoms with Crippen LogP contribution >= 0.6 is 47.8 Å². The van der Waals surface area contributed by atoms with Crippen LogP contribution in [0.1, 0.15) is 32.2 Å². The third kappa shape index (κ3) is 4.63. The van der Waals surface area contributed by atoms with Crippen molar-refractivity contribution in [1.82, 2.24) is 9.66 Å². The van der Waals surface area contributed by atoms with Gasteiger partial charge in [-0.25, -0.2) is 4.98 Å². The zero-order valence-electron chi connectivity index (χ0n) is 16.9. The van der Waals surface area contributed by atoms with Gasteiger partial charge in [0, 0.05) is 20.9 Å². The summed E-state index contributed by atoms with van der Waals surface area (Å²) in [5.41, 5.74) is 1.14. The Bertz CT molecular complexity index is 1190. The third-order valence-electron chi connectivity index (χ3n) is 4.23. The summed E-state index contributed by atoms with van der Waals surface area (Å²) in [6, 6.07) is 7.24. The first kappa shape index (κ1) is 23.0. The van der Waals surface area contributed by atoms with Crippen molar-refractivity contribution in [2.45, 2.75) is 33.3 Å². The molecule has 0 bridgehead atoms. The minimum atomic E-state index is -0.226. The van der Waals surface area contributed by atoms with Gasteiger partial charge in [-0.05, 0) is 70.0 Å². The number of aromatic nitrogens is 2. The molecule has 0 aliphatic rings. The fraction of sp³-hybridized carbons (Fsp3) is 0.286. The molecule has 3 rings (SSSR count). The number of nitrogens with zero attached hydrogens (tertiary/aromatic N) is 3. The molecule has 1 aromatic heterocycles. The highest BCUT2D eigenvalue weighted by molar-refractivity contribution is 9.13. The summed E-state index contributed by atoms with van der Waals surface area (Å²) in [6.45, 7) is 5.82. The second-order valence-electron chi connectivity index (χ2n) is 6.70. The molecule has 0 unspecified atom stereocenters. The van der Waals surface area contributed by atoms with Gasteiger partial charge in [-0.3, -0.25) is 4.79 Å². The third-order valence-corrected chi connectivity index (χ3v) is 6.87. The summed E-state index contributed by atoms with van der Waals surface area (Å²) < 4.78 is 14.9. The average Bonchev–Trinajstić information content (AvgIpc) is 2.72. The molecule has 0 saturated heterocycles. The van der Waals surface area contributed by atoms with Crippen LogP contribution in [-0.2, 0) is 6.42 Å². The van der Waals surface area contributed by atoms with Gasteiger partial charge in [0.25, 0.3) is 5.56 Å². The van der Waals surface area contributed by atoms with Crippen LogP contribution in [0.15, 0.2) is 47.6 Å². The molecular formula is C21H20Br3N3O3. The molecule has 0 radical (unpaired) electrons. The van der Waals surface area contributed by atoms with Crippen molar-refractivity contribution >= 4 is 64.9 Å². The monoisotopic (exact) mass is 599 g/mol. The fourth-order valence-corrected chi connectivity index (χ4v) is 4.13. The summed E-state index contributed by atoms with van der Waals surface area (Å²) in [7, 11) is 1.58. The van der Waals surface area contributed by atoms with E-state index in [0.717, 1.165) is 14.5 Å². The molecule has 0 aliphatic carbocycles. The summed E-state index contributed by atoms with van der Waals surface area (Å²) in [5, 5.41) is 4.95. The van der Waals surface area contributed by atoms with Crippen molar-refractivity contribution in [3.8, 4) is 11.5 Å². The van der Waals surface area contributed by atoms with Gasteiger partial charge >= 0.3 is 0 Å².